The Labute approximate surface area is 141 Å². The van der Waals surface area contributed by atoms with Gasteiger partial charge in [-0.1, -0.05) is 32.0 Å². The fourth-order valence-corrected chi connectivity index (χ4v) is 3.17. The van der Waals surface area contributed by atoms with Crippen molar-refractivity contribution in [1.29, 1.82) is 0 Å². The SMILES string of the molecule is CC(C)Cn1nc(C(=O)N(C)C2CCNC2)c2ccccc2c1=O. The lowest BCUT2D eigenvalue weighted by Gasteiger charge is -2.24. The molecule has 6 nitrogen and oxygen atoms in total. The van der Waals surface area contributed by atoms with Crippen LogP contribution in [-0.4, -0.2) is 46.8 Å². The number of hydrogen-bond donors (Lipinski definition) is 1. The van der Waals surface area contributed by atoms with Crippen LogP contribution in [0.25, 0.3) is 10.8 Å². The predicted octanol–water partition coefficient (Wildman–Crippen LogP) is 1.49. The van der Waals surface area contributed by atoms with Gasteiger partial charge in [-0.3, -0.25) is 9.59 Å². The van der Waals surface area contributed by atoms with E-state index < -0.39 is 0 Å². The van der Waals surface area contributed by atoms with E-state index in [9.17, 15) is 9.59 Å². The Morgan fingerprint density at radius 2 is 2.08 bits per heavy atom. The number of amides is 1. The summed E-state index contributed by atoms with van der Waals surface area (Å²) in [6.07, 6.45) is 0.936. The number of aromatic nitrogens is 2. The quantitative estimate of drug-likeness (QED) is 0.923. The largest absolute Gasteiger partial charge is 0.336 e. The number of carbonyl (C=O) groups excluding carboxylic acids is 1. The van der Waals surface area contributed by atoms with Crippen molar-refractivity contribution in [2.45, 2.75) is 32.9 Å². The third-order valence-corrected chi connectivity index (χ3v) is 4.51. The van der Waals surface area contributed by atoms with Crippen LogP contribution in [0.1, 0.15) is 30.8 Å². The van der Waals surface area contributed by atoms with Crippen molar-refractivity contribution in [3.8, 4) is 0 Å². The number of benzene rings is 1. The number of likely N-dealkylation sites (N-methyl/N-ethyl adjacent to an activating group) is 1. The summed E-state index contributed by atoms with van der Waals surface area (Å²) in [4.78, 5) is 27.4. The molecule has 2 aromatic rings. The van der Waals surface area contributed by atoms with Crippen LogP contribution in [0.4, 0.5) is 0 Å². The Balaban J connectivity index is 2.10. The van der Waals surface area contributed by atoms with Gasteiger partial charge in [-0.15, -0.1) is 0 Å². The zero-order valence-electron chi connectivity index (χ0n) is 14.5. The lowest BCUT2D eigenvalue weighted by molar-refractivity contribution is 0.0737. The van der Waals surface area contributed by atoms with Gasteiger partial charge in [0, 0.05) is 31.6 Å². The van der Waals surface area contributed by atoms with Crippen LogP contribution in [0.5, 0.6) is 0 Å². The molecule has 1 saturated heterocycles. The van der Waals surface area contributed by atoms with E-state index in [1.165, 1.54) is 4.68 Å². The van der Waals surface area contributed by atoms with Crippen LogP contribution < -0.4 is 10.9 Å². The van der Waals surface area contributed by atoms with Gasteiger partial charge in [0.15, 0.2) is 5.69 Å². The van der Waals surface area contributed by atoms with Crippen molar-refractivity contribution in [2.75, 3.05) is 20.1 Å². The molecule has 0 aliphatic carbocycles. The van der Waals surface area contributed by atoms with E-state index in [4.69, 9.17) is 0 Å². The third-order valence-electron chi connectivity index (χ3n) is 4.51. The summed E-state index contributed by atoms with van der Waals surface area (Å²) in [5, 5.41) is 8.88. The van der Waals surface area contributed by atoms with Crippen LogP contribution in [0, 0.1) is 5.92 Å². The number of hydrogen-bond acceptors (Lipinski definition) is 4. The normalized spacial score (nSPS) is 17.6. The van der Waals surface area contributed by atoms with Crippen molar-refractivity contribution in [3.05, 3.63) is 40.3 Å². The number of rotatable bonds is 4. The Morgan fingerprint density at radius 1 is 1.38 bits per heavy atom. The molecule has 2 heterocycles. The summed E-state index contributed by atoms with van der Waals surface area (Å²) in [5.41, 5.74) is 0.223. The zero-order valence-corrected chi connectivity index (χ0v) is 14.5. The fourth-order valence-electron chi connectivity index (χ4n) is 3.17. The van der Waals surface area contributed by atoms with E-state index in [1.807, 2.05) is 33.0 Å². The minimum atomic E-state index is -0.138. The topological polar surface area (TPSA) is 67.2 Å². The molecule has 128 valence electrons. The first-order valence-electron chi connectivity index (χ1n) is 8.46. The van der Waals surface area contributed by atoms with Crippen molar-refractivity contribution in [1.82, 2.24) is 20.0 Å². The number of carbonyl (C=O) groups is 1. The van der Waals surface area contributed by atoms with Gasteiger partial charge >= 0.3 is 0 Å². The average molecular weight is 328 g/mol. The first-order valence-corrected chi connectivity index (χ1v) is 8.46. The summed E-state index contributed by atoms with van der Waals surface area (Å²) in [6, 6.07) is 7.40. The summed E-state index contributed by atoms with van der Waals surface area (Å²) >= 11 is 0. The molecule has 1 atom stereocenters. The van der Waals surface area contributed by atoms with E-state index in [1.54, 1.807) is 17.0 Å². The predicted molar refractivity (Wildman–Crippen MR) is 94.2 cm³/mol. The average Bonchev–Trinajstić information content (AvgIpc) is 3.10. The molecule has 1 unspecified atom stereocenters. The van der Waals surface area contributed by atoms with E-state index in [0.29, 0.717) is 23.0 Å². The summed E-state index contributed by atoms with van der Waals surface area (Å²) < 4.78 is 1.43. The molecule has 0 bridgehead atoms. The highest BCUT2D eigenvalue weighted by molar-refractivity contribution is 6.04. The van der Waals surface area contributed by atoms with Crippen molar-refractivity contribution in [2.24, 2.45) is 5.92 Å². The van der Waals surface area contributed by atoms with Crippen molar-refractivity contribution >= 4 is 16.7 Å². The van der Waals surface area contributed by atoms with Gasteiger partial charge in [0.2, 0.25) is 0 Å². The van der Waals surface area contributed by atoms with Gasteiger partial charge in [0.1, 0.15) is 0 Å². The maximum Gasteiger partial charge on any atom is 0.274 e. The number of fused-ring (bicyclic) bond motifs is 1. The van der Waals surface area contributed by atoms with Gasteiger partial charge in [0.25, 0.3) is 11.5 Å². The summed E-state index contributed by atoms with van der Waals surface area (Å²) in [5.74, 6) is 0.147. The van der Waals surface area contributed by atoms with Crippen molar-refractivity contribution < 1.29 is 4.79 Å². The van der Waals surface area contributed by atoms with Gasteiger partial charge in [-0.25, -0.2) is 4.68 Å². The second kappa shape index (κ2) is 6.73. The molecule has 6 heteroatoms. The minimum Gasteiger partial charge on any atom is -0.336 e. The molecule has 3 rings (SSSR count). The molecule has 1 fully saturated rings. The lowest BCUT2D eigenvalue weighted by atomic mass is 10.1. The molecule has 0 radical (unpaired) electrons. The molecule has 1 amide bonds. The first-order chi connectivity index (χ1) is 11.5. The molecule has 1 aliphatic rings. The van der Waals surface area contributed by atoms with Gasteiger partial charge in [-0.05, 0) is 24.9 Å². The molecular formula is C18H24N4O2. The van der Waals surface area contributed by atoms with Crippen LogP contribution in [0.15, 0.2) is 29.1 Å². The highest BCUT2D eigenvalue weighted by atomic mass is 16.2. The third kappa shape index (κ3) is 3.06. The van der Waals surface area contributed by atoms with Crippen molar-refractivity contribution in [3.63, 3.8) is 0 Å². The molecule has 1 aromatic heterocycles. The Kier molecular flexibility index (Phi) is 4.66. The van der Waals surface area contributed by atoms with Gasteiger partial charge in [-0.2, -0.15) is 5.10 Å². The monoisotopic (exact) mass is 328 g/mol. The smallest absolute Gasteiger partial charge is 0.274 e. The fraction of sp³-hybridized carbons (Fsp3) is 0.500. The maximum absolute atomic E-state index is 13.0. The molecule has 1 N–H and O–H groups in total. The molecule has 1 aromatic carbocycles. The molecule has 0 spiro atoms. The molecule has 1 aliphatic heterocycles. The first kappa shape index (κ1) is 16.6. The summed E-state index contributed by atoms with van der Waals surface area (Å²) in [6.45, 7) is 6.27. The molecule has 24 heavy (non-hydrogen) atoms. The summed E-state index contributed by atoms with van der Waals surface area (Å²) in [7, 11) is 1.81. The Morgan fingerprint density at radius 3 is 2.71 bits per heavy atom. The van der Waals surface area contributed by atoms with E-state index in [2.05, 4.69) is 10.4 Å². The van der Waals surface area contributed by atoms with Crippen LogP contribution >= 0.6 is 0 Å². The highest BCUT2D eigenvalue weighted by Crippen LogP contribution is 2.17. The van der Waals surface area contributed by atoms with Crippen LogP contribution in [0.3, 0.4) is 0 Å². The van der Waals surface area contributed by atoms with E-state index >= 15 is 0 Å². The number of nitrogens with one attached hydrogen (secondary N) is 1. The number of nitrogens with zero attached hydrogens (tertiary/aromatic N) is 3. The second-order valence-electron chi connectivity index (χ2n) is 6.84. The second-order valence-corrected chi connectivity index (χ2v) is 6.84. The Bertz CT molecular complexity index is 806. The van der Waals surface area contributed by atoms with E-state index in [0.717, 1.165) is 19.5 Å². The zero-order chi connectivity index (χ0) is 17.3. The Hall–Kier alpha value is -2.21. The standard InChI is InChI=1S/C18H24N4O2/c1-12(2)11-22-17(23)15-7-5-4-6-14(15)16(20-22)18(24)21(3)13-8-9-19-10-13/h4-7,12-13,19H,8-11H2,1-3H3. The minimum absolute atomic E-state index is 0.127. The van der Waals surface area contributed by atoms with Crippen LogP contribution in [0.2, 0.25) is 0 Å². The highest BCUT2D eigenvalue weighted by Gasteiger charge is 2.27. The maximum atomic E-state index is 13.0. The lowest BCUT2D eigenvalue weighted by Crippen LogP contribution is -2.40. The van der Waals surface area contributed by atoms with Crippen LogP contribution in [-0.2, 0) is 6.54 Å². The van der Waals surface area contributed by atoms with Gasteiger partial charge < -0.3 is 10.2 Å². The van der Waals surface area contributed by atoms with Gasteiger partial charge in [0.05, 0.1) is 5.39 Å². The van der Waals surface area contributed by atoms with E-state index in [-0.39, 0.29) is 23.4 Å². The molecule has 0 saturated carbocycles. The molecular weight excluding hydrogens is 304 g/mol.